The van der Waals surface area contributed by atoms with E-state index in [1.807, 2.05) is 57.2 Å². The average Bonchev–Trinajstić information content (AvgIpc) is 2.50. The first kappa shape index (κ1) is 14.5. The molecule has 1 aliphatic rings. The monoisotopic (exact) mass is 293 g/mol. The molecule has 3 rings (SSSR count). The summed E-state index contributed by atoms with van der Waals surface area (Å²) in [6.07, 6.45) is 0.382. The van der Waals surface area contributed by atoms with E-state index in [4.69, 9.17) is 0 Å². The highest BCUT2D eigenvalue weighted by atomic mass is 16.2. The van der Waals surface area contributed by atoms with Crippen molar-refractivity contribution in [1.82, 2.24) is 0 Å². The topological polar surface area (TPSA) is 37.4 Å². The SMILES string of the molecule is Cc1ccc2c(c1)C(=O)CCN2C(=O)c1ccc(C)c(C)c1. The van der Waals surface area contributed by atoms with Gasteiger partial charge in [0.15, 0.2) is 5.78 Å². The van der Waals surface area contributed by atoms with Gasteiger partial charge >= 0.3 is 0 Å². The number of ketones is 1. The van der Waals surface area contributed by atoms with Crippen LogP contribution in [-0.2, 0) is 0 Å². The molecule has 0 saturated carbocycles. The Morgan fingerprint density at radius 1 is 1.00 bits per heavy atom. The number of hydrogen-bond donors (Lipinski definition) is 0. The quantitative estimate of drug-likeness (QED) is 0.801. The predicted octanol–water partition coefficient (Wildman–Crippen LogP) is 3.85. The Kier molecular flexibility index (Phi) is 3.57. The number of nitrogens with zero attached hydrogens (tertiary/aromatic N) is 1. The lowest BCUT2D eigenvalue weighted by Crippen LogP contribution is -2.37. The van der Waals surface area contributed by atoms with E-state index >= 15 is 0 Å². The van der Waals surface area contributed by atoms with Gasteiger partial charge in [-0.15, -0.1) is 0 Å². The molecule has 112 valence electrons. The van der Waals surface area contributed by atoms with Crippen molar-refractivity contribution in [3.05, 3.63) is 64.2 Å². The highest BCUT2D eigenvalue weighted by Crippen LogP contribution is 2.29. The second-order valence-electron chi connectivity index (χ2n) is 5.95. The number of carbonyl (C=O) groups is 2. The molecule has 0 saturated heterocycles. The zero-order chi connectivity index (χ0) is 15.9. The predicted molar refractivity (Wildman–Crippen MR) is 87.7 cm³/mol. The van der Waals surface area contributed by atoms with Gasteiger partial charge < -0.3 is 4.90 Å². The third-order valence-electron chi connectivity index (χ3n) is 4.30. The highest BCUT2D eigenvalue weighted by molar-refractivity contribution is 6.13. The number of aryl methyl sites for hydroxylation is 3. The maximum atomic E-state index is 12.8. The van der Waals surface area contributed by atoms with Crippen molar-refractivity contribution in [1.29, 1.82) is 0 Å². The van der Waals surface area contributed by atoms with E-state index in [0.29, 0.717) is 24.1 Å². The van der Waals surface area contributed by atoms with E-state index in [1.165, 1.54) is 5.56 Å². The van der Waals surface area contributed by atoms with Crippen molar-refractivity contribution in [2.45, 2.75) is 27.2 Å². The van der Waals surface area contributed by atoms with Crippen LogP contribution in [0.5, 0.6) is 0 Å². The van der Waals surface area contributed by atoms with Crippen LogP contribution in [-0.4, -0.2) is 18.2 Å². The van der Waals surface area contributed by atoms with Crippen LogP contribution >= 0.6 is 0 Å². The maximum Gasteiger partial charge on any atom is 0.258 e. The van der Waals surface area contributed by atoms with E-state index in [1.54, 1.807) is 4.90 Å². The van der Waals surface area contributed by atoms with Gasteiger partial charge in [-0.25, -0.2) is 0 Å². The summed E-state index contributed by atoms with van der Waals surface area (Å²) in [7, 11) is 0. The number of rotatable bonds is 1. The minimum absolute atomic E-state index is 0.0410. The summed E-state index contributed by atoms with van der Waals surface area (Å²) in [6.45, 7) is 6.43. The molecule has 0 spiro atoms. The molecule has 0 atom stereocenters. The Morgan fingerprint density at radius 2 is 1.77 bits per heavy atom. The number of amides is 1. The maximum absolute atomic E-state index is 12.8. The smallest absolute Gasteiger partial charge is 0.258 e. The lowest BCUT2D eigenvalue weighted by molar-refractivity contribution is 0.0955. The Balaban J connectivity index is 2.02. The Hall–Kier alpha value is -2.42. The highest BCUT2D eigenvalue weighted by Gasteiger charge is 2.28. The zero-order valence-corrected chi connectivity index (χ0v) is 13.1. The summed E-state index contributed by atoms with van der Waals surface area (Å²) < 4.78 is 0. The van der Waals surface area contributed by atoms with Crippen molar-refractivity contribution >= 4 is 17.4 Å². The molecule has 1 amide bonds. The van der Waals surface area contributed by atoms with E-state index in [0.717, 1.165) is 16.8 Å². The summed E-state index contributed by atoms with van der Waals surface area (Å²) in [5, 5.41) is 0. The normalized spacial score (nSPS) is 14.0. The van der Waals surface area contributed by atoms with Gasteiger partial charge in [0.2, 0.25) is 0 Å². The number of anilines is 1. The van der Waals surface area contributed by atoms with Crippen LogP contribution in [0.25, 0.3) is 0 Å². The van der Waals surface area contributed by atoms with Crippen molar-refractivity contribution in [2.75, 3.05) is 11.4 Å². The molecule has 0 N–H and O–H groups in total. The van der Waals surface area contributed by atoms with Gasteiger partial charge in [-0.1, -0.05) is 17.7 Å². The molecule has 0 radical (unpaired) electrons. The van der Waals surface area contributed by atoms with E-state index in [9.17, 15) is 9.59 Å². The van der Waals surface area contributed by atoms with Crippen LogP contribution in [0.1, 0.15) is 43.8 Å². The number of carbonyl (C=O) groups excluding carboxylic acids is 2. The van der Waals surface area contributed by atoms with E-state index in [2.05, 4.69) is 0 Å². The molecule has 22 heavy (non-hydrogen) atoms. The first-order chi connectivity index (χ1) is 10.5. The van der Waals surface area contributed by atoms with Gasteiger partial charge in [0, 0.05) is 24.1 Å². The number of fused-ring (bicyclic) bond motifs is 1. The molecule has 1 aliphatic heterocycles. The summed E-state index contributed by atoms with van der Waals surface area (Å²) in [6, 6.07) is 11.4. The van der Waals surface area contributed by atoms with Gasteiger partial charge in [-0.05, 0) is 56.2 Å². The number of benzene rings is 2. The average molecular weight is 293 g/mol. The third kappa shape index (κ3) is 2.43. The fraction of sp³-hybridized carbons (Fsp3) is 0.263. The van der Waals surface area contributed by atoms with Crippen LogP contribution in [0.15, 0.2) is 36.4 Å². The summed E-state index contributed by atoms with van der Waals surface area (Å²) in [5.41, 5.74) is 5.36. The van der Waals surface area contributed by atoms with Crippen molar-refractivity contribution in [3.63, 3.8) is 0 Å². The van der Waals surface area contributed by atoms with Gasteiger partial charge in [0.05, 0.1) is 5.69 Å². The molecule has 1 heterocycles. The molecule has 2 aromatic rings. The van der Waals surface area contributed by atoms with Crippen LogP contribution in [0.2, 0.25) is 0 Å². The van der Waals surface area contributed by atoms with Crippen LogP contribution in [0.4, 0.5) is 5.69 Å². The summed E-state index contributed by atoms with van der Waals surface area (Å²) in [4.78, 5) is 26.7. The number of Topliss-reactive ketones (excluding diaryl/α,β-unsaturated/α-hetero) is 1. The minimum atomic E-state index is -0.0410. The molecule has 0 aromatic heterocycles. The van der Waals surface area contributed by atoms with E-state index < -0.39 is 0 Å². The largest absolute Gasteiger partial charge is 0.307 e. The van der Waals surface area contributed by atoms with Gasteiger partial charge in [-0.3, -0.25) is 9.59 Å². The first-order valence-corrected chi connectivity index (χ1v) is 7.50. The minimum Gasteiger partial charge on any atom is -0.307 e. The Bertz CT molecular complexity index is 777. The van der Waals surface area contributed by atoms with Crippen molar-refractivity contribution < 1.29 is 9.59 Å². The second kappa shape index (κ2) is 5.41. The fourth-order valence-electron chi connectivity index (χ4n) is 2.82. The lowest BCUT2D eigenvalue weighted by Gasteiger charge is -2.29. The van der Waals surface area contributed by atoms with E-state index in [-0.39, 0.29) is 11.7 Å². The molecule has 0 bridgehead atoms. The molecule has 0 unspecified atom stereocenters. The third-order valence-corrected chi connectivity index (χ3v) is 4.30. The fourth-order valence-corrected chi connectivity index (χ4v) is 2.82. The summed E-state index contributed by atoms with van der Waals surface area (Å²) >= 11 is 0. The van der Waals surface area contributed by atoms with Crippen LogP contribution < -0.4 is 4.90 Å². The lowest BCUT2D eigenvalue weighted by atomic mass is 9.97. The molecular weight excluding hydrogens is 274 g/mol. The van der Waals surface area contributed by atoms with Gasteiger partial charge in [-0.2, -0.15) is 0 Å². The van der Waals surface area contributed by atoms with Crippen molar-refractivity contribution in [2.24, 2.45) is 0 Å². The molecule has 0 aliphatic carbocycles. The van der Waals surface area contributed by atoms with Gasteiger partial charge in [0.1, 0.15) is 0 Å². The second-order valence-corrected chi connectivity index (χ2v) is 5.95. The molecule has 2 aromatic carbocycles. The molecule has 3 heteroatoms. The molecular formula is C19H19NO2. The van der Waals surface area contributed by atoms with Crippen LogP contribution in [0, 0.1) is 20.8 Å². The number of hydrogen-bond acceptors (Lipinski definition) is 2. The van der Waals surface area contributed by atoms with Gasteiger partial charge in [0.25, 0.3) is 5.91 Å². The Labute approximate surface area is 130 Å². The first-order valence-electron chi connectivity index (χ1n) is 7.50. The summed E-state index contributed by atoms with van der Waals surface area (Å²) in [5.74, 6) is 0.0727. The molecule has 0 fully saturated rings. The standard InChI is InChI=1S/C19H19NO2/c1-12-4-7-17-16(10-12)18(21)8-9-20(17)19(22)15-6-5-13(2)14(3)11-15/h4-7,10-11H,8-9H2,1-3H3. The molecule has 3 nitrogen and oxygen atoms in total. The van der Waals surface area contributed by atoms with Crippen molar-refractivity contribution in [3.8, 4) is 0 Å². The van der Waals surface area contributed by atoms with Crippen LogP contribution in [0.3, 0.4) is 0 Å². The Morgan fingerprint density at radius 3 is 2.50 bits per heavy atom. The zero-order valence-electron chi connectivity index (χ0n) is 13.1.